The van der Waals surface area contributed by atoms with Crippen LogP contribution in [0.2, 0.25) is 0 Å². The third-order valence-electron chi connectivity index (χ3n) is 0.328. The molecule has 0 aromatic rings. The van der Waals surface area contributed by atoms with Gasteiger partial charge in [0.05, 0.1) is 6.10 Å². The third kappa shape index (κ3) is 24.4. The summed E-state index contributed by atoms with van der Waals surface area (Å²) in [5.41, 5.74) is 0.583. The normalized spacial score (nSPS) is 7.60. The molecule has 0 spiro atoms. The summed E-state index contributed by atoms with van der Waals surface area (Å²) < 4.78 is 4.84. The lowest BCUT2D eigenvalue weighted by molar-refractivity contribution is 0.242. The van der Waals surface area contributed by atoms with Crippen LogP contribution in [0.15, 0.2) is 0 Å². The van der Waals surface area contributed by atoms with Crippen LogP contribution in [0.4, 0.5) is 0 Å². The molecule has 2 nitrogen and oxygen atoms in total. The molecule has 0 radical (unpaired) electrons. The minimum absolute atomic E-state index is 0.0926. The van der Waals surface area contributed by atoms with Gasteiger partial charge in [0.25, 0.3) is 4.51 Å². The van der Waals surface area contributed by atoms with Gasteiger partial charge in [-0.15, -0.1) is 0 Å². The molecule has 0 rings (SSSR count). The molecule has 0 saturated heterocycles. The van der Waals surface area contributed by atoms with Crippen LogP contribution in [0.25, 0.3) is 0 Å². The second kappa shape index (κ2) is 9.07. The molecule has 10 heavy (non-hydrogen) atoms. The summed E-state index contributed by atoms with van der Waals surface area (Å²) >= 11 is 13.4. The van der Waals surface area contributed by atoms with Gasteiger partial charge in [0.2, 0.25) is 0 Å². The zero-order valence-corrected chi connectivity index (χ0v) is 8.09. The number of hydrogen-bond acceptors (Lipinski definition) is 3. The highest BCUT2D eigenvalue weighted by Gasteiger charge is 1.92. The van der Waals surface area contributed by atoms with Crippen molar-refractivity contribution in [1.82, 2.24) is 0 Å². The van der Waals surface area contributed by atoms with E-state index in [9.17, 15) is 0 Å². The summed E-state index contributed by atoms with van der Waals surface area (Å²) in [7, 11) is 0. The fourth-order valence-electron chi connectivity index (χ4n) is 0.185. The van der Waals surface area contributed by atoms with E-state index in [0.717, 1.165) is 0 Å². The Labute approximate surface area is 76.1 Å². The molecule has 1 N–H and O–H groups in total. The number of ether oxygens (including phenoxy) is 1. The molecule has 0 bridgehead atoms. The Morgan fingerprint density at radius 2 is 2.00 bits per heavy atom. The van der Waals surface area contributed by atoms with Crippen molar-refractivity contribution in [2.75, 3.05) is 0 Å². The fraction of sp³-hybridized carbons (Fsp3) is 0.600. The fourth-order valence-corrected chi connectivity index (χ4v) is 0.556. The highest BCUT2D eigenvalue weighted by molar-refractivity contribution is 7.82. The van der Waals surface area contributed by atoms with Gasteiger partial charge in [-0.25, -0.2) is 0 Å². The summed E-state index contributed by atoms with van der Waals surface area (Å²) in [6.45, 7) is 3.74. The van der Waals surface area contributed by atoms with Crippen LogP contribution in [0.5, 0.6) is 0 Å². The quantitative estimate of drug-likeness (QED) is 0.520. The van der Waals surface area contributed by atoms with Crippen LogP contribution in [0.3, 0.4) is 0 Å². The van der Waals surface area contributed by atoms with Gasteiger partial charge >= 0.3 is 0 Å². The van der Waals surface area contributed by atoms with Crippen LogP contribution < -0.4 is 0 Å². The average Bonchev–Trinajstić information content (AvgIpc) is 1.62. The monoisotopic (exact) mass is 200 g/mol. The molecule has 0 unspecified atom stereocenters. The number of aliphatic hydroxyl groups is 1. The minimum atomic E-state index is 0.0926. The molecule has 0 aliphatic heterocycles. The Hall–Kier alpha value is 0.0700. The van der Waals surface area contributed by atoms with Gasteiger partial charge in [-0.2, -0.15) is 0 Å². The Kier molecular flexibility index (Phi) is 11.5. The first kappa shape index (κ1) is 12.7. The van der Waals surface area contributed by atoms with Gasteiger partial charge in [0, 0.05) is 0 Å². The first-order valence-electron chi connectivity index (χ1n) is 2.48. The van der Waals surface area contributed by atoms with E-state index in [1.54, 1.807) is 0 Å². The zero-order chi connectivity index (χ0) is 8.57. The molecular weight excluding hydrogens is 192 g/mol. The second-order valence-corrected chi connectivity index (χ2v) is 2.66. The van der Waals surface area contributed by atoms with Crippen LogP contribution in [0.1, 0.15) is 13.8 Å². The standard InChI is InChI=1S/C4H7ClOS.CH2OS/c1-3(2)6-4(5)7;2-1-3/h3H,1-2H3;1H,(H,2,3). The van der Waals surface area contributed by atoms with Gasteiger partial charge in [-0.1, -0.05) is 0 Å². The lowest BCUT2D eigenvalue weighted by Crippen LogP contribution is -2.02. The van der Waals surface area contributed by atoms with E-state index in [4.69, 9.17) is 21.4 Å². The number of aliphatic hydroxyl groups excluding tert-OH is 1. The van der Waals surface area contributed by atoms with Crippen molar-refractivity contribution in [1.29, 1.82) is 0 Å². The van der Waals surface area contributed by atoms with Crippen molar-refractivity contribution in [3.05, 3.63) is 0 Å². The molecule has 5 heteroatoms. The summed E-state index contributed by atoms with van der Waals surface area (Å²) in [5, 5.41) is 7.26. The van der Waals surface area contributed by atoms with Crippen LogP contribution in [-0.4, -0.2) is 21.3 Å². The van der Waals surface area contributed by atoms with Gasteiger partial charge in [0.15, 0.2) is 0 Å². The Bertz CT molecular complexity index is 106. The highest BCUT2D eigenvalue weighted by Crippen LogP contribution is 1.93. The number of halogens is 1. The van der Waals surface area contributed by atoms with Crippen LogP contribution in [0, 0.1) is 0 Å². The van der Waals surface area contributed by atoms with E-state index in [1.165, 1.54) is 0 Å². The predicted octanol–water partition coefficient (Wildman–Crippen LogP) is 2.44. The predicted molar refractivity (Wildman–Crippen MR) is 51.0 cm³/mol. The van der Waals surface area contributed by atoms with E-state index in [0.29, 0.717) is 5.55 Å². The van der Waals surface area contributed by atoms with E-state index in [2.05, 4.69) is 24.4 Å². The van der Waals surface area contributed by atoms with Gasteiger partial charge in [-0.3, -0.25) is 0 Å². The van der Waals surface area contributed by atoms with Crippen molar-refractivity contribution in [2.45, 2.75) is 20.0 Å². The first-order valence-corrected chi connectivity index (χ1v) is 3.74. The Morgan fingerprint density at radius 3 is 2.00 bits per heavy atom. The Morgan fingerprint density at radius 1 is 1.70 bits per heavy atom. The summed E-state index contributed by atoms with van der Waals surface area (Å²) in [4.78, 5) is 0. The highest BCUT2D eigenvalue weighted by atomic mass is 35.5. The molecule has 0 aromatic heterocycles. The molecule has 0 amide bonds. The second-order valence-electron chi connectivity index (χ2n) is 1.51. The number of hydrogen-bond donors (Lipinski definition) is 1. The maximum atomic E-state index is 7.26. The van der Waals surface area contributed by atoms with Crippen molar-refractivity contribution in [3.63, 3.8) is 0 Å². The van der Waals surface area contributed by atoms with E-state index >= 15 is 0 Å². The van der Waals surface area contributed by atoms with Crippen LogP contribution in [-0.2, 0) is 4.74 Å². The number of thiocarbonyl (C=S) groups is 2. The molecule has 0 atom stereocenters. The lowest BCUT2D eigenvalue weighted by Gasteiger charge is -2.02. The SMILES string of the molecule is CC(C)OC(=S)Cl.OC=S. The first-order chi connectivity index (χ1) is 4.54. The van der Waals surface area contributed by atoms with Crippen molar-refractivity contribution < 1.29 is 9.84 Å². The molecule has 0 aromatic carbocycles. The minimum Gasteiger partial charge on any atom is -0.504 e. The third-order valence-corrected chi connectivity index (χ3v) is 0.514. The molecule has 60 valence electrons. The molecule has 0 aliphatic rings. The van der Waals surface area contributed by atoms with E-state index in [-0.39, 0.29) is 10.6 Å². The average molecular weight is 201 g/mol. The maximum Gasteiger partial charge on any atom is 0.255 e. The lowest BCUT2D eigenvalue weighted by atomic mass is 10.5. The van der Waals surface area contributed by atoms with Crippen LogP contribution >= 0.6 is 36.0 Å². The molecule has 0 saturated carbocycles. The smallest absolute Gasteiger partial charge is 0.255 e. The van der Waals surface area contributed by atoms with E-state index < -0.39 is 0 Å². The topological polar surface area (TPSA) is 29.5 Å². The molecule has 0 fully saturated rings. The molecular formula is C5H9ClO2S2. The van der Waals surface area contributed by atoms with Crippen molar-refractivity contribution in [3.8, 4) is 0 Å². The summed E-state index contributed by atoms with van der Waals surface area (Å²) in [6, 6.07) is 0. The van der Waals surface area contributed by atoms with E-state index in [1.807, 2.05) is 13.8 Å². The zero-order valence-electron chi connectivity index (χ0n) is 5.70. The maximum absolute atomic E-state index is 7.26. The largest absolute Gasteiger partial charge is 0.504 e. The van der Waals surface area contributed by atoms with Crippen molar-refractivity contribution >= 4 is 46.1 Å². The van der Waals surface area contributed by atoms with Crippen molar-refractivity contribution in [2.24, 2.45) is 0 Å². The Balaban J connectivity index is 0. The molecule has 0 aliphatic carbocycles. The van der Waals surface area contributed by atoms with Gasteiger partial charge in [0.1, 0.15) is 5.55 Å². The number of rotatable bonds is 1. The van der Waals surface area contributed by atoms with Gasteiger partial charge in [-0.05, 0) is 49.9 Å². The summed E-state index contributed by atoms with van der Waals surface area (Å²) in [5.74, 6) is 0. The summed E-state index contributed by atoms with van der Waals surface area (Å²) in [6.07, 6.45) is 0.102. The van der Waals surface area contributed by atoms with Gasteiger partial charge < -0.3 is 9.84 Å². The molecule has 0 heterocycles.